The largest absolute Gasteiger partial charge is 0.780 e. The number of amides is 1. The minimum Gasteiger partial charge on any atom is -0.780 e. The number of H-pyrrole nitrogens is 1. The number of hydrazone groups is 1. The monoisotopic (exact) mass is 457 g/mol. The molecule has 0 saturated carbocycles. The number of carboxylic acid groups (broad SMARTS) is 1. The van der Waals surface area contributed by atoms with Crippen LogP contribution in [0, 0.1) is 0 Å². The molecule has 1 aromatic heterocycles. The number of anilines is 1. The second-order valence-electron chi connectivity index (χ2n) is 6.90. The van der Waals surface area contributed by atoms with Gasteiger partial charge in [-0.25, -0.2) is 9.48 Å². The predicted molar refractivity (Wildman–Crippen MR) is 128 cm³/mol. The second-order valence-corrected chi connectivity index (χ2v) is 7.37. The van der Waals surface area contributed by atoms with E-state index in [1.807, 2.05) is 0 Å². The van der Waals surface area contributed by atoms with Gasteiger partial charge >= 0.3 is 5.97 Å². The van der Waals surface area contributed by atoms with Crippen molar-refractivity contribution in [1.82, 2.24) is 9.78 Å². The molecule has 1 aliphatic rings. The predicted octanol–water partition coefficient (Wildman–Crippen LogP) is 3.30. The van der Waals surface area contributed by atoms with Gasteiger partial charge < -0.3 is 17.7 Å². The van der Waals surface area contributed by atoms with Crippen molar-refractivity contribution < 1.29 is 14.7 Å². The minimum atomic E-state index is -1.25. The molecular formula is C24H17N4O4S-. The fourth-order valence-corrected chi connectivity index (χ4v) is 3.27. The summed E-state index contributed by atoms with van der Waals surface area (Å²) in [6, 6.07) is 15.6. The van der Waals surface area contributed by atoms with Gasteiger partial charge in [-0.2, -0.15) is 15.0 Å². The first-order valence-corrected chi connectivity index (χ1v) is 10.2. The third-order valence-corrected chi connectivity index (χ3v) is 5.02. The summed E-state index contributed by atoms with van der Waals surface area (Å²) in [7, 11) is 0. The second kappa shape index (κ2) is 9.33. The number of hydrogen-bond donors (Lipinski definition) is 2. The number of allylic oxidation sites excluding steroid dienone is 4. The number of carboxylic acids is 1. The number of carbonyl (C=O) groups is 2. The summed E-state index contributed by atoms with van der Waals surface area (Å²) >= 11 is 5.05. The van der Waals surface area contributed by atoms with E-state index in [4.69, 9.17) is 12.6 Å². The van der Waals surface area contributed by atoms with Gasteiger partial charge in [0.1, 0.15) is 0 Å². The smallest absolute Gasteiger partial charge is 0.354 e. The van der Waals surface area contributed by atoms with E-state index in [-0.39, 0.29) is 17.2 Å². The third kappa shape index (κ3) is 4.58. The van der Waals surface area contributed by atoms with Crippen LogP contribution >= 0.6 is 0 Å². The molecule has 0 aliphatic carbocycles. The topological polar surface area (TPSA) is 108 Å². The summed E-state index contributed by atoms with van der Waals surface area (Å²) in [5.41, 5.74) is 0.822. The molecule has 0 bridgehead atoms. The number of hydrogen-bond acceptors (Lipinski definition) is 5. The number of nitrogens with zero attached hydrogens (tertiary/aromatic N) is 3. The first kappa shape index (κ1) is 21.7. The van der Waals surface area contributed by atoms with E-state index >= 15 is 0 Å². The maximum absolute atomic E-state index is 12.7. The van der Waals surface area contributed by atoms with Crippen molar-refractivity contribution in [3.8, 4) is 5.69 Å². The van der Waals surface area contributed by atoms with Gasteiger partial charge in [-0.1, -0.05) is 48.6 Å². The Bertz CT molecular complexity index is 1380. The van der Waals surface area contributed by atoms with Crippen LogP contribution in [-0.2, 0) is 17.4 Å². The number of para-hydroxylation sites is 1. The van der Waals surface area contributed by atoms with Crippen LogP contribution in [-0.4, -0.2) is 33.0 Å². The molecule has 2 heterocycles. The van der Waals surface area contributed by atoms with Crippen LogP contribution in [0.2, 0.25) is 0 Å². The molecule has 0 unspecified atom stereocenters. The van der Waals surface area contributed by atoms with Crippen molar-refractivity contribution in [2.24, 2.45) is 5.10 Å². The van der Waals surface area contributed by atoms with E-state index in [1.54, 1.807) is 72.8 Å². The Labute approximate surface area is 193 Å². The quantitative estimate of drug-likeness (QED) is 0.336. The first-order valence-electron chi connectivity index (χ1n) is 9.80. The van der Waals surface area contributed by atoms with Crippen LogP contribution in [0.25, 0.3) is 11.8 Å². The van der Waals surface area contributed by atoms with E-state index in [0.717, 1.165) is 0 Å². The van der Waals surface area contributed by atoms with Crippen LogP contribution in [0.15, 0.2) is 99.3 Å². The lowest BCUT2D eigenvalue weighted by Gasteiger charge is -2.13. The van der Waals surface area contributed by atoms with E-state index in [0.29, 0.717) is 21.8 Å². The van der Waals surface area contributed by atoms with Crippen molar-refractivity contribution in [3.05, 3.63) is 106 Å². The zero-order chi connectivity index (χ0) is 23.4. The molecule has 4 rings (SSSR count). The van der Waals surface area contributed by atoms with Gasteiger partial charge in [-0.3, -0.25) is 14.7 Å². The van der Waals surface area contributed by atoms with Gasteiger partial charge in [0.2, 0.25) is 0 Å². The molecule has 1 amide bonds. The highest BCUT2D eigenvalue weighted by Gasteiger charge is 2.23. The van der Waals surface area contributed by atoms with Crippen molar-refractivity contribution in [1.29, 1.82) is 0 Å². The lowest BCUT2D eigenvalue weighted by atomic mass is 10.2. The third-order valence-electron chi connectivity index (χ3n) is 4.75. The Morgan fingerprint density at radius 2 is 1.70 bits per heavy atom. The SMILES string of the molecule is O=C(O)c1[nH]n(-c2ccccc2)c(=O)c1C=CC=CC=C1C=NN(c2ccc([S-])cc2)C1=O. The minimum absolute atomic E-state index is 0.0125. The maximum atomic E-state index is 12.7. The highest BCUT2D eigenvalue weighted by atomic mass is 32.1. The van der Waals surface area contributed by atoms with Gasteiger partial charge in [-0.15, -0.1) is 0 Å². The average Bonchev–Trinajstić information content (AvgIpc) is 3.35. The number of benzene rings is 2. The normalized spacial score (nSPS) is 14.8. The van der Waals surface area contributed by atoms with Crippen LogP contribution < -0.4 is 10.6 Å². The number of carbonyl (C=O) groups excluding carboxylic acids is 1. The lowest BCUT2D eigenvalue weighted by Crippen LogP contribution is -2.20. The number of nitrogens with one attached hydrogen (secondary N) is 1. The maximum Gasteiger partial charge on any atom is 0.354 e. The highest BCUT2D eigenvalue weighted by molar-refractivity contribution is 7.58. The van der Waals surface area contributed by atoms with E-state index in [1.165, 1.54) is 28.1 Å². The molecule has 0 fully saturated rings. The van der Waals surface area contributed by atoms with Crippen LogP contribution in [0.5, 0.6) is 0 Å². The summed E-state index contributed by atoms with van der Waals surface area (Å²) in [6.07, 6.45) is 9.16. The van der Waals surface area contributed by atoms with E-state index in [2.05, 4.69) is 10.2 Å². The fraction of sp³-hybridized carbons (Fsp3) is 0. The molecule has 1 aliphatic heterocycles. The zero-order valence-electron chi connectivity index (χ0n) is 17.1. The van der Waals surface area contributed by atoms with Gasteiger partial charge in [0.25, 0.3) is 11.5 Å². The zero-order valence-corrected chi connectivity index (χ0v) is 17.9. The molecule has 9 heteroatoms. The van der Waals surface area contributed by atoms with Crippen molar-refractivity contribution in [3.63, 3.8) is 0 Å². The number of aromatic nitrogens is 2. The molecule has 33 heavy (non-hydrogen) atoms. The Morgan fingerprint density at radius 3 is 2.39 bits per heavy atom. The highest BCUT2D eigenvalue weighted by Crippen LogP contribution is 2.21. The molecule has 0 spiro atoms. The molecule has 0 atom stereocenters. The average molecular weight is 457 g/mol. The number of aromatic amines is 1. The van der Waals surface area contributed by atoms with Crippen LogP contribution in [0.3, 0.4) is 0 Å². The molecule has 2 aromatic carbocycles. The first-order chi connectivity index (χ1) is 16.0. The van der Waals surface area contributed by atoms with Gasteiger partial charge in [0.05, 0.1) is 28.7 Å². The summed E-state index contributed by atoms with van der Waals surface area (Å²) in [5, 5.41) is 17.5. The molecule has 3 aromatic rings. The van der Waals surface area contributed by atoms with Crippen LogP contribution in [0.4, 0.5) is 5.69 Å². The summed E-state index contributed by atoms with van der Waals surface area (Å²) in [6.45, 7) is 0. The van der Waals surface area contributed by atoms with E-state index in [9.17, 15) is 19.5 Å². The van der Waals surface area contributed by atoms with Gasteiger partial charge in [0, 0.05) is 0 Å². The molecule has 0 saturated heterocycles. The number of rotatable bonds is 6. The van der Waals surface area contributed by atoms with Gasteiger partial charge in [-0.05, 0) is 36.4 Å². The summed E-state index contributed by atoms with van der Waals surface area (Å²) in [5.74, 6) is -1.53. The molecule has 8 nitrogen and oxygen atoms in total. The Morgan fingerprint density at radius 1 is 0.970 bits per heavy atom. The van der Waals surface area contributed by atoms with Gasteiger partial charge in [0.15, 0.2) is 5.69 Å². The van der Waals surface area contributed by atoms with Crippen molar-refractivity contribution >= 4 is 42.5 Å². The number of aromatic carboxylic acids is 1. The molecule has 2 N–H and O–H groups in total. The lowest BCUT2D eigenvalue weighted by molar-refractivity contribution is -0.114. The Hall–Kier alpha value is -4.50. The summed E-state index contributed by atoms with van der Waals surface area (Å²) < 4.78 is 1.18. The van der Waals surface area contributed by atoms with E-state index < -0.39 is 11.5 Å². The fourth-order valence-electron chi connectivity index (χ4n) is 3.14. The summed E-state index contributed by atoms with van der Waals surface area (Å²) in [4.78, 5) is 37.5. The van der Waals surface area contributed by atoms with Crippen molar-refractivity contribution in [2.45, 2.75) is 4.90 Å². The Kier molecular flexibility index (Phi) is 6.14. The molecular weight excluding hydrogens is 440 g/mol. The van der Waals surface area contributed by atoms with Crippen LogP contribution in [0.1, 0.15) is 16.1 Å². The molecule has 0 radical (unpaired) electrons. The Balaban J connectivity index is 1.51. The molecule has 164 valence electrons. The van der Waals surface area contributed by atoms with Crippen molar-refractivity contribution in [2.75, 3.05) is 5.01 Å². The standard InChI is InChI=1S/C24H18N4O4S/c29-22-16(15-25-27(22)18-11-13-19(33)14-12-18)7-3-1-6-10-20-21(24(31)32)26-28(23(20)30)17-8-4-2-5-9-17/h1-15,26,33H,(H,31,32)/p-1.